The molecule has 0 spiro atoms. The number of methoxy groups -OCH3 is 1. The van der Waals surface area contributed by atoms with E-state index in [0.717, 1.165) is 36.3 Å². The molecule has 2 heterocycles. The minimum Gasteiger partial charge on any atom is -0.495 e. The zero-order valence-corrected chi connectivity index (χ0v) is 22.6. The molecule has 0 saturated carbocycles. The van der Waals surface area contributed by atoms with Crippen LogP contribution < -0.4 is 20.5 Å². The molecule has 0 amide bonds. The Morgan fingerprint density at radius 2 is 1.92 bits per heavy atom. The number of nitrogens with zero attached hydrogens (tertiary/aromatic N) is 1. The van der Waals surface area contributed by atoms with E-state index in [1.165, 1.54) is 36.6 Å². The molecule has 0 unspecified atom stereocenters. The van der Waals surface area contributed by atoms with E-state index in [1.54, 1.807) is 12.1 Å². The first-order valence-corrected chi connectivity index (χ1v) is 14.3. The lowest BCUT2D eigenvalue weighted by Crippen LogP contribution is -2.36. The van der Waals surface area contributed by atoms with Crippen molar-refractivity contribution in [2.24, 2.45) is 5.14 Å². The number of anilines is 2. The van der Waals surface area contributed by atoms with Crippen LogP contribution in [0.5, 0.6) is 5.75 Å². The predicted molar refractivity (Wildman–Crippen MR) is 145 cm³/mol. The molecule has 1 saturated heterocycles. The first-order chi connectivity index (χ1) is 17.9. The monoisotopic (exact) mass is 566 g/mol. The number of nitrogens with one attached hydrogen (secondary N) is 2. The summed E-state index contributed by atoms with van der Waals surface area (Å²) in [4.78, 5) is 2.53. The molecule has 4 N–H and O–H groups in total. The van der Waals surface area contributed by atoms with Crippen molar-refractivity contribution in [3.63, 3.8) is 0 Å². The highest BCUT2D eigenvalue weighted by molar-refractivity contribution is 7.89. The van der Waals surface area contributed by atoms with E-state index in [1.807, 2.05) is 6.07 Å². The van der Waals surface area contributed by atoms with Crippen LogP contribution in [0, 0.1) is 11.8 Å². The van der Waals surface area contributed by atoms with E-state index in [-0.39, 0.29) is 28.8 Å². The molecule has 1 fully saturated rings. The molecule has 1 aromatic heterocycles. The third kappa shape index (κ3) is 6.91. The molecule has 4 rings (SSSR count). The van der Waals surface area contributed by atoms with Crippen LogP contribution in [0.1, 0.15) is 23.3 Å². The molecule has 2 aromatic carbocycles. The van der Waals surface area contributed by atoms with Crippen LogP contribution in [0.15, 0.2) is 41.3 Å². The summed E-state index contributed by atoms with van der Waals surface area (Å²) in [5.74, 6) is 6.07. The van der Waals surface area contributed by atoms with Crippen LogP contribution in [-0.2, 0) is 16.4 Å². The summed E-state index contributed by atoms with van der Waals surface area (Å²) in [6, 6.07) is 9.79. The van der Waals surface area contributed by atoms with Crippen molar-refractivity contribution in [2.75, 3.05) is 44.4 Å². The Kier molecular flexibility index (Phi) is 8.42. The maximum Gasteiger partial charge on any atom is 0.393 e. The van der Waals surface area contributed by atoms with Crippen LogP contribution in [0.25, 0.3) is 10.1 Å². The van der Waals surface area contributed by atoms with Gasteiger partial charge in [0.15, 0.2) is 0 Å². The standard InChI is InChI=1S/C26H29F3N4O3S2/c1-33-13-10-17(11-14-33)32-22-6-3-5-19-20(16-26(27,28)29)24(37-25(19)22)7-4-12-31-21-9-8-18(38(30,34)35)15-23(21)36-2/h3,5-6,8-9,15,17,31-32H,10-14,16H2,1-2H3,(H2,30,34,35). The molecule has 1 aliphatic heterocycles. The maximum absolute atomic E-state index is 13.5. The minimum atomic E-state index is -4.38. The number of hydrogen-bond acceptors (Lipinski definition) is 7. The Bertz CT molecular complexity index is 1470. The second-order valence-corrected chi connectivity index (χ2v) is 11.8. The fourth-order valence-electron chi connectivity index (χ4n) is 4.39. The fourth-order valence-corrected chi connectivity index (χ4v) is 6.09. The summed E-state index contributed by atoms with van der Waals surface area (Å²) in [5.41, 5.74) is 1.48. The highest BCUT2D eigenvalue weighted by Crippen LogP contribution is 2.39. The van der Waals surface area contributed by atoms with E-state index in [4.69, 9.17) is 9.88 Å². The van der Waals surface area contributed by atoms with Gasteiger partial charge in [-0.1, -0.05) is 24.0 Å². The molecule has 204 valence electrons. The van der Waals surface area contributed by atoms with Gasteiger partial charge < -0.3 is 20.3 Å². The van der Waals surface area contributed by atoms with Gasteiger partial charge in [-0.25, -0.2) is 13.6 Å². The first kappa shape index (κ1) is 28.0. The highest BCUT2D eigenvalue weighted by Gasteiger charge is 2.31. The average Bonchev–Trinajstić information content (AvgIpc) is 3.19. The van der Waals surface area contributed by atoms with Crippen LogP contribution in [0.2, 0.25) is 0 Å². The number of primary sulfonamides is 1. The number of halogens is 3. The zero-order chi connectivity index (χ0) is 27.5. The molecular weight excluding hydrogens is 537 g/mol. The van der Waals surface area contributed by atoms with Crippen molar-refractivity contribution in [3.8, 4) is 17.6 Å². The number of alkyl halides is 3. The summed E-state index contributed by atoms with van der Waals surface area (Å²) >= 11 is 1.26. The number of thiophene rings is 1. The molecule has 7 nitrogen and oxygen atoms in total. The average molecular weight is 567 g/mol. The summed E-state index contributed by atoms with van der Waals surface area (Å²) < 4.78 is 69.7. The quantitative estimate of drug-likeness (QED) is 0.361. The van der Waals surface area contributed by atoms with E-state index in [2.05, 4.69) is 34.4 Å². The van der Waals surface area contributed by atoms with Crippen molar-refractivity contribution in [3.05, 3.63) is 46.8 Å². The molecule has 0 atom stereocenters. The molecule has 1 aliphatic rings. The Labute approximate surface area is 224 Å². The van der Waals surface area contributed by atoms with E-state index in [0.29, 0.717) is 16.0 Å². The molecule has 0 bridgehead atoms. The predicted octanol–water partition coefficient (Wildman–Crippen LogP) is 4.63. The van der Waals surface area contributed by atoms with E-state index >= 15 is 0 Å². The normalized spacial score (nSPS) is 15.2. The third-order valence-electron chi connectivity index (χ3n) is 6.34. The second-order valence-electron chi connectivity index (χ2n) is 9.17. The lowest BCUT2D eigenvalue weighted by atomic mass is 10.0. The van der Waals surface area contributed by atoms with Crippen molar-refractivity contribution in [1.82, 2.24) is 4.90 Å². The zero-order valence-electron chi connectivity index (χ0n) is 21.0. The molecule has 12 heteroatoms. The first-order valence-electron chi connectivity index (χ1n) is 11.9. The van der Waals surface area contributed by atoms with Crippen LogP contribution in [0.3, 0.4) is 0 Å². The molecule has 0 aliphatic carbocycles. The summed E-state index contributed by atoms with van der Waals surface area (Å²) in [6.45, 7) is 2.04. The number of likely N-dealkylation sites (tertiary alicyclic amines) is 1. The van der Waals surface area contributed by atoms with E-state index in [9.17, 15) is 21.6 Å². The van der Waals surface area contributed by atoms with Crippen LogP contribution in [-0.4, -0.2) is 59.3 Å². The number of hydrogen-bond donors (Lipinski definition) is 3. The second kappa shape index (κ2) is 11.4. The van der Waals surface area contributed by atoms with Gasteiger partial charge in [0.1, 0.15) is 5.75 Å². The van der Waals surface area contributed by atoms with Gasteiger partial charge in [0.05, 0.1) is 45.9 Å². The van der Waals surface area contributed by atoms with Gasteiger partial charge >= 0.3 is 6.18 Å². The van der Waals surface area contributed by atoms with Gasteiger partial charge in [-0.3, -0.25) is 0 Å². The number of fused-ring (bicyclic) bond motifs is 1. The van der Waals surface area contributed by atoms with Gasteiger partial charge in [-0.2, -0.15) is 13.2 Å². The van der Waals surface area contributed by atoms with E-state index < -0.39 is 22.6 Å². The number of piperidine rings is 1. The highest BCUT2D eigenvalue weighted by atomic mass is 32.2. The summed E-state index contributed by atoms with van der Waals surface area (Å²) in [5, 5.41) is 12.3. The van der Waals surface area contributed by atoms with Crippen LogP contribution >= 0.6 is 11.3 Å². The summed E-state index contributed by atoms with van der Waals surface area (Å²) in [7, 11) is -0.431. The number of ether oxygens (including phenoxy) is 1. The Morgan fingerprint density at radius 3 is 2.58 bits per heavy atom. The van der Waals surface area contributed by atoms with Crippen LogP contribution in [0.4, 0.5) is 24.5 Å². The maximum atomic E-state index is 13.5. The van der Waals surface area contributed by atoms with Gasteiger partial charge in [-0.05, 0) is 62.1 Å². The Balaban J connectivity index is 1.59. The van der Waals surface area contributed by atoms with Gasteiger partial charge in [-0.15, -0.1) is 11.3 Å². The fraction of sp³-hybridized carbons (Fsp3) is 0.385. The van der Waals surface area contributed by atoms with Crippen molar-refractivity contribution >= 4 is 42.8 Å². The summed E-state index contributed by atoms with van der Waals surface area (Å²) in [6.07, 6.45) is -3.51. The van der Waals surface area contributed by atoms with Gasteiger partial charge in [0.2, 0.25) is 10.0 Å². The molecule has 38 heavy (non-hydrogen) atoms. The number of benzene rings is 2. The smallest absolute Gasteiger partial charge is 0.393 e. The Hall–Kier alpha value is -2.98. The Morgan fingerprint density at radius 1 is 1.18 bits per heavy atom. The largest absolute Gasteiger partial charge is 0.495 e. The minimum absolute atomic E-state index is 0.0993. The number of sulfonamides is 1. The van der Waals surface area contributed by atoms with Gasteiger partial charge in [0, 0.05) is 12.1 Å². The topological polar surface area (TPSA) is 96.7 Å². The molecule has 3 aromatic rings. The molecule has 0 radical (unpaired) electrons. The molecular formula is C26H29F3N4O3S2. The SMILES string of the molecule is COc1cc(S(N)(=O)=O)ccc1NCC#Cc1sc2c(NC3CCN(C)CC3)cccc2c1CC(F)(F)F. The van der Waals surface area contributed by atoms with Gasteiger partial charge in [0.25, 0.3) is 0 Å². The van der Waals surface area contributed by atoms with Crippen molar-refractivity contribution in [2.45, 2.75) is 36.4 Å². The lowest BCUT2D eigenvalue weighted by Gasteiger charge is -2.30. The third-order valence-corrected chi connectivity index (χ3v) is 8.45. The lowest BCUT2D eigenvalue weighted by molar-refractivity contribution is -0.126. The van der Waals surface area contributed by atoms with Crippen molar-refractivity contribution < 1.29 is 26.3 Å². The van der Waals surface area contributed by atoms with Crippen molar-refractivity contribution in [1.29, 1.82) is 0 Å². The number of nitrogens with two attached hydrogens (primary N) is 1. The number of rotatable bonds is 7.